The van der Waals surface area contributed by atoms with Crippen LogP contribution in [0.15, 0.2) is 18.7 Å². The molecule has 1 aliphatic heterocycles. The van der Waals surface area contributed by atoms with Crippen molar-refractivity contribution in [2.75, 3.05) is 18.6 Å². The fourth-order valence-corrected chi connectivity index (χ4v) is 2.61. The Morgan fingerprint density at radius 2 is 2.33 bits per heavy atom. The molecule has 0 spiro atoms. The summed E-state index contributed by atoms with van der Waals surface area (Å²) >= 11 is 0. The zero-order valence-electron chi connectivity index (χ0n) is 10.7. The van der Waals surface area contributed by atoms with Gasteiger partial charge in [-0.3, -0.25) is 4.40 Å². The van der Waals surface area contributed by atoms with Gasteiger partial charge >= 0.3 is 0 Å². The highest BCUT2D eigenvalue weighted by atomic mass is 16.5. The Hall–Kier alpha value is -1.69. The number of aromatic nitrogens is 4. The lowest BCUT2D eigenvalue weighted by molar-refractivity contribution is 0.0720. The van der Waals surface area contributed by atoms with E-state index in [4.69, 9.17) is 4.74 Å². The van der Waals surface area contributed by atoms with Crippen molar-refractivity contribution in [3.05, 3.63) is 18.7 Å². The van der Waals surface area contributed by atoms with E-state index in [1.54, 1.807) is 19.6 Å². The van der Waals surface area contributed by atoms with Gasteiger partial charge < -0.3 is 9.64 Å². The molecule has 2 aromatic rings. The van der Waals surface area contributed by atoms with Gasteiger partial charge in [0.1, 0.15) is 6.33 Å². The average molecular weight is 247 g/mol. The van der Waals surface area contributed by atoms with Gasteiger partial charge in [0.25, 0.3) is 0 Å². The molecular formula is C12H17N5O. The van der Waals surface area contributed by atoms with Crippen molar-refractivity contribution in [1.29, 1.82) is 0 Å². The van der Waals surface area contributed by atoms with Gasteiger partial charge in [-0.1, -0.05) is 0 Å². The molecule has 96 valence electrons. The Labute approximate surface area is 106 Å². The molecule has 2 atom stereocenters. The van der Waals surface area contributed by atoms with Crippen molar-refractivity contribution in [2.24, 2.45) is 0 Å². The second kappa shape index (κ2) is 4.53. The topological polar surface area (TPSA) is 55.5 Å². The summed E-state index contributed by atoms with van der Waals surface area (Å²) in [6.45, 7) is 3.14. The zero-order valence-corrected chi connectivity index (χ0v) is 10.7. The number of nitrogens with zero attached hydrogens (tertiary/aromatic N) is 5. The summed E-state index contributed by atoms with van der Waals surface area (Å²) in [5, 5.41) is 8.08. The first-order valence-electron chi connectivity index (χ1n) is 6.23. The maximum atomic E-state index is 5.44. The summed E-state index contributed by atoms with van der Waals surface area (Å²) in [5.74, 6) is 0.914. The van der Waals surface area contributed by atoms with Crippen LogP contribution < -0.4 is 4.90 Å². The third kappa shape index (κ3) is 1.82. The number of hydrogen-bond donors (Lipinski definition) is 0. The number of fused-ring (bicyclic) bond motifs is 1. The molecule has 0 aliphatic carbocycles. The highest BCUT2D eigenvalue weighted by molar-refractivity contribution is 5.63. The van der Waals surface area contributed by atoms with Gasteiger partial charge in [0.05, 0.1) is 6.10 Å². The maximum Gasteiger partial charge on any atom is 0.203 e. The molecule has 0 aromatic carbocycles. The normalized spacial score (nSPS) is 24.7. The van der Waals surface area contributed by atoms with Crippen molar-refractivity contribution >= 4 is 11.5 Å². The molecule has 2 unspecified atom stereocenters. The summed E-state index contributed by atoms with van der Waals surface area (Å²) in [5.41, 5.74) is 0.820. The van der Waals surface area contributed by atoms with Crippen molar-refractivity contribution in [2.45, 2.75) is 31.9 Å². The molecule has 0 bridgehead atoms. The van der Waals surface area contributed by atoms with Crippen LogP contribution in [0, 0.1) is 0 Å². The predicted molar refractivity (Wildman–Crippen MR) is 67.6 cm³/mol. The van der Waals surface area contributed by atoms with Crippen LogP contribution in [0.1, 0.15) is 19.8 Å². The Morgan fingerprint density at radius 1 is 1.44 bits per heavy atom. The third-order valence-electron chi connectivity index (χ3n) is 3.63. The lowest BCUT2D eigenvalue weighted by Crippen LogP contribution is -2.43. The molecule has 0 amide bonds. The fourth-order valence-electron chi connectivity index (χ4n) is 2.61. The van der Waals surface area contributed by atoms with E-state index in [1.807, 2.05) is 10.6 Å². The minimum Gasteiger partial charge on any atom is -0.381 e. The van der Waals surface area contributed by atoms with Gasteiger partial charge in [-0.05, 0) is 19.8 Å². The summed E-state index contributed by atoms with van der Waals surface area (Å²) in [7, 11) is 1.78. The van der Waals surface area contributed by atoms with E-state index in [2.05, 4.69) is 27.0 Å². The van der Waals surface area contributed by atoms with Crippen LogP contribution in [0.5, 0.6) is 0 Å². The zero-order chi connectivity index (χ0) is 12.5. The van der Waals surface area contributed by atoms with Crippen LogP contribution in [-0.2, 0) is 4.74 Å². The van der Waals surface area contributed by atoms with E-state index in [9.17, 15) is 0 Å². The summed E-state index contributed by atoms with van der Waals surface area (Å²) in [6, 6.07) is 0.402. The molecule has 0 N–H and O–H groups in total. The summed E-state index contributed by atoms with van der Waals surface area (Å²) in [4.78, 5) is 6.76. The first kappa shape index (κ1) is 11.4. The van der Waals surface area contributed by atoms with Gasteiger partial charge in [0.15, 0.2) is 5.82 Å². The number of methoxy groups -OCH3 is 1. The highest BCUT2D eigenvalue weighted by Gasteiger charge is 2.27. The van der Waals surface area contributed by atoms with Gasteiger partial charge in [-0.25, -0.2) is 4.98 Å². The lowest BCUT2D eigenvalue weighted by Gasteiger charge is -2.37. The second-order valence-electron chi connectivity index (χ2n) is 4.74. The molecule has 6 heteroatoms. The molecule has 6 nitrogen and oxygen atoms in total. The van der Waals surface area contributed by atoms with E-state index >= 15 is 0 Å². The molecule has 1 fully saturated rings. The van der Waals surface area contributed by atoms with Gasteiger partial charge in [0, 0.05) is 32.1 Å². The summed E-state index contributed by atoms with van der Waals surface area (Å²) < 4.78 is 7.34. The van der Waals surface area contributed by atoms with Crippen LogP contribution in [0.3, 0.4) is 0 Å². The molecule has 1 saturated heterocycles. The Balaban J connectivity index is 1.93. The second-order valence-corrected chi connectivity index (χ2v) is 4.74. The van der Waals surface area contributed by atoms with E-state index < -0.39 is 0 Å². The Kier molecular flexibility index (Phi) is 2.87. The van der Waals surface area contributed by atoms with Crippen molar-refractivity contribution < 1.29 is 4.74 Å². The molecule has 0 saturated carbocycles. The monoisotopic (exact) mass is 247 g/mol. The number of rotatable bonds is 2. The van der Waals surface area contributed by atoms with Crippen molar-refractivity contribution in [3.63, 3.8) is 0 Å². The van der Waals surface area contributed by atoms with Gasteiger partial charge in [-0.15, -0.1) is 10.2 Å². The van der Waals surface area contributed by atoms with Crippen molar-refractivity contribution in [1.82, 2.24) is 19.6 Å². The first-order chi connectivity index (χ1) is 8.79. The van der Waals surface area contributed by atoms with Crippen LogP contribution >= 0.6 is 0 Å². The van der Waals surface area contributed by atoms with Gasteiger partial charge in [0.2, 0.25) is 5.65 Å². The molecule has 3 rings (SSSR count). The van der Waals surface area contributed by atoms with Crippen LogP contribution in [0.25, 0.3) is 5.65 Å². The predicted octanol–water partition coefficient (Wildman–Crippen LogP) is 1.13. The lowest BCUT2D eigenvalue weighted by atomic mass is 10.0. The van der Waals surface area contributed by atoms with Crippen molar-refractivity contribution in [3.8, 4) is 0 Å². The van der Waals surface area contributed by atoms with E-state index in [-0.39, 0.29) is 0 Å². The Morgan fingerprint density at radius 3 is 3.11 bits per heavy atom. The number of ether oxygens (including phenoxy) is 1. The highest BCUT2D eigenvalue weighted by Crippen LogP contribution is 2.26. The SMILES string of the molecule is COC1CCN(c2nccn3cnnc23)C(C)C1. The number of anilines is 1. The van der Waals surface area contributed by atoms with E-state index in [1.165, 1.54) is 0 Å². The maximum absolute atomic E-state index is 5.44. The third-order valence-corrected chi connectivity index (χ3v) is 3.63. The fraction of sp³-hybridized carbons (Fsp3) is 0.583. The minimum absolute atomic E-state index is 0.355. The molecule has 0 radical (unpaired) electrons. The van der Waals surface area contributed by atoms with E-state index in [0.717, 1.165) is 30.9 Å². The van der Waals surface area contributed by atoms with Crippen LogP contribution in [0.2, 0.25) is 0 Å². The number of hydrogen-bond acceptors (Lipinski definition) is 5. The molecule has 1 aliphatic rings. The van der Waals surface area contributed by atoms with Crippen LogP contribution in [-0.4, -0.2) is 45.4 Å². The average Bonchev–Trinajstić information content (AvgIpc) is 2.87. The first-order valence-corrected chi connectivity index (χ1v) is 6.23. The smallest absolute Gasteiger partial charge is 0.203 e. The number of piperidine rings is 1. The quantitative estimate of drug-likeness (QED) is 0.796. The summed E-state index contributed by atoms with van der Waals surface area (Å²) in [6.07, 6.45) is 7.76. The molecule has 2 aromatic heterocycles. The largest absolute Gasteiger partial charge is 0.381 e. The molecular weight excluding hydrogens is 230 g/mol. The molecule has 3 heterocycles. The standard InChI is InChI=1S/C12H17N5O/c1-9-7-10(18-2)3-5-17(9)11-12-15-14-8-16(12)6-4-13-11/h4,6,8-10H,3,5,7H2,1-2H3. The molecule has 18 heavy (non-hydrogen) atoms. The van der Waals surface area contributed by atoms with Gasteiger partial charge in [-0.2, -0.15) is 0 Å². The minimum atomic E-state index is 0.355. The van der Waals surface area contributed by atoms with E-state index in [0.29, 0.717) is 12.1 Å². The van der Waals surface area contributed by atoms with Crippen LogP contribution in [0.4, 0.5) is 5.82 Å². The Bertz CT molecular complexity index is 540.